The van der Waals surface area contributed by atoms with E-state index in [0.29, 0.717) is 18.2 Å². The van der Waals surface area contributed by atoms with E-state index >= 15 is 0 Å². The number of hydrogen-bond acceptors (Lipinski definition) is 3. The van der Waals surface area contributed by atoms with Gasteiger partial charge in [-0.2, -0.15) is 0 Å². The van der Waals surface area contributed by atoms with Gasteiger partial charge in [-0.1, -0.05) is 12.2 Å². The van der Waals surface area contributed by atoms with E-state index in [2.05, 4.69) is 13.2 Å². The van der Waals surface area contributed by atoms with Crippen molar-refractivity contribution in [3.8, 4) is 0 Å². The van der Waals surface area contributed by atoms with Gasteiger partial charge in [-0.15, -0.1) is 24.9 Å². The molecule has 2 atom stereocenters. The number of aliphatic carboxylic acids is 1. The summed E-state index contributed by atoms with van der Waals surface area (Å²) in [7, 11) is 0. The van der Waals surface area contributed by atoms with Gasteiger partial charge in [0, 0.05) is 23.5 Å². The summed E-state index contributed by atoms with van der Waals surface area (Å²) < 4.78 is 0. The topological polar surface area (TPSA) is 63.3 Å². The number of hydrogen-bond donors (Lipinski definition) is 2. The normalized spacial score (nSPS) is 14.1. The molecule has 0 saturated carbocycles. The molecule has 0 spiro atoms. The van der Waals surface area contributed by atoms with Crippen molar-refractivity contribution in [2.45, 2.75) is 36.2 Å². The van der Waals surface area contributed by atoms with Crippen LogP contribution in [0.3, 0.4) is 0 Å². The van der Waals surface area contributed by atoms with Crippen LogP contribution in [0.2, 0.25) is 0 Å². The van der Waals surface area contributed by atoms with Crippen LogP contribution in [0.1, 0.15) is 25.7 Å². The number of thioether (sulfide) groups is 1. The fourth-order valence-corrected chi connectivity index (χ4v) is 2.54. The van der Waals surface area contributed by atoms with E-state index in [1.807, 2.05) is 12.2 Å². The lowest BCUT2D eigenvalue weighted by Crippen LogP contribution is -2.21. The molecule has 4 heteroatoms. The minimum atomic E-state index is -0.764. The second kappa shape index (κ2) is 9.48. The van der Waals surface area contributed by atoms with Crippen molar-refractivity contribution in [2.24, 2.45) is 5.73 Å². The Hall–Kier alpha value is -0.740. The third kappa shape index (κ3) is 7.54. The first-order valence-electron chi connectivity index (χ1n) is 5.44. The lowest BCUT2D eigenvalue weighted by molar-refractivity contribution is -0.137. The lowest BCUT2D eigenvalue weighted by atomic mass is 10.2. The number of carboxylic acids is 1. The Morgan fingerprint density at radius 3 is 2.56 bits per heavy atom. The van der Waals surface area contributed by atoms with Crippen molar-refractivity contribution in [1.82, 2.24) is 0 Å². The van der Waals surface area contributed by atoms with E-state index in [1.54, 1.807) is 11.8 Å². The molecule has 0 aromatic rings. The van der Waals surface area contributed by atoms with Gasteiger partial charge in [-0.3, -0.25) is 4.79 Å². The Morgan fingerprint density at radius 1 is 1.44 bits per heavy atom. The SMILES string of the molecule is C=CCCC(C=C)S[C@@H](CN)CCC(=O)O. The molecule has 0 saturated heterocycles. The van der Waals surface area contributed by atoms with E-state index in [0.717, 1.165) is 12.8 Å². The van der Waals surface area contributed by atoms with Crippen molar-refractivity contribution in [1.29, 1.82) is 0 Å². The Bertz CT molecular complexity index is 231. The fraction of sp³-hybridized carbons (Fsp3) is 0.583. The number of nitrogens with two attached hydrogens (primary N) is 1. The molecular weight excluding hydrogens is 222 g/mol. The Morgan fingerprint density at radius 2 is 2.12 bits per heavy atom. The molecule has 1 unspecified atom stereocenters. The van der Waals surface area contributed by atoms with Gasteiger partial charge in [0.15, 0.2) is 0 Å². The minimum absolute atomic E-state index is 0.181. The zero-order valence-electron chi connectivity index (χ0n) is 9.60. The average Bonchev–Trinajstić information content (AvgIpc) is 2.28. The van der Waals surface area contributed by atoms with Gasteiger partial charge in [0.1, 0.15) is 0 Å². The van der Waals surface area contributed by atoms with Crippen molar-refractivity contribution in [3.05, 3.63) is 25.3 Å². The highest BCUT2D eigenvalue weighted by atomic mass is 32.2. The van der Waals surface area contributed by atoms with Crippen LogP contribution in [-0.2, 0) is 4.79 Å². The van der Waals surface area contributed by atoms with Crippen LogP contribution in [0.15, 0.2) is 25.3 Å². The quantitative estimate of drug-likeness (QED) is 0.578. The van der Waals surface area contributed by atoms with E-state index in [1.165, 1.54) is 0 Å². The van der Waals surface area contributed by atoms with Crippen LogP contribution in [0.4, 0.5) is 0 Å². The average molecular weight is 243 g/mol. The minimum Gasteiger partial charge on any atom is -0.481 e. The molecule has 0 aromatic carbocycles. The van der Waals surface area contributed by atoms with Crippen LogP contribution in [0.25, 0.3) is 0 Å². The summed E-state index contributed by atoms with van der Waals surface area (Å²) in [6.45, 7) is 7.97. The number of carboxylic acid groups (broad SMARTS) is 1. The zero-order chi connectivity index (χ0) is 12.4. The Labute approximate surface area is 102 Å². The summed E-state index contributed by atoms with van der Waals surface area (Å²) >= 11 is 1.72. The first-order valence-corrected chi connectivity index (χ1v) is 6.39. The highest BCUT2D eigenvalue weighted by Gasteiger charge is 2.14. The van der Waals surface area contributed by atoms with Crippen LogP contribution in [0, 0.1) is 0 Å². The first kappa shape index (κ1) is 15.3. The molecule has 0 radical (unpaired) electrons. The van der Waals surface area contributed by atoms with Gasteiger partial charge < -0.3 is 10.8 Å². The summed E-state index contributed by atoms with van der Waals surface area (Å²) in [5, 5.41) is 9.14. The standard InChI is InChI=1S/C12H21NO2S/c1-3-5-6-10(4-2)16-11(9-13)7-8-12(14)15/h3-4,10-11H,1-2,5-9,13H2,(H,14,15)/t10?,11-/m1/s1. The van der Waals surface area contributed by atoms with Crippen LogP contribution >= 0.6 is 11.8 Å². The summed E-state index contributed by atoms with van der Waals surface area (Å²) in [6, 6.07) is 0. The lowest BCUT2D eigenvalue weighted by Gasteiger charge is -2.18. The highest BCUT2D eigenvalue weighted by Crippen LogP contribution is 2.25. The van der Waals surface area contributed by atoms with E-state index in [9.17, 15) is 4.79 Å². The highest BCUT2D eigenvalue weighted by molar-refractivity contribution is 8.00. The molecule has 0 aliphatic rings. The van der Waals surface area contributed by atoms with E-state index in [-0.39, 0.29) is 11.7 Å². The van der Waals surface area contributed by atoms with Crippen molar-refractivity contribution in [3.63, 3.8) is 0 Å². The first-order chi connectivity index (χ1) is 7.63. The van der Waals surface area contributed by atoms with E-state index < -0.39 is 5.97 Å². The molecule has 16 heavy (non-hydrogen) atoms. The van der Waals surface area contributed by atoms with Gasteiger partial charge in [0.25, 0.3) is 0 Å². The number of carbonyl (C=O) groups is 1. The Balaban J connectivity index is 4.00. The molecule has 0 bridgehead atoms. The van der Waals surface area contributed by atoms with Gasteiger partial charge in [0.2, 0.25) is 0 Å². The molecule has 3 N–H and O–H groups in total. The molecule has 0 aliphatic heterocycles. The number of rotatable bonds is 10. The van der Waals surface area contributed by atoms with Gasteiger partial charge >= 0.3 is 5.97 Å². The van der Waals surface area contributed by atoms with Crippen molar-refractivity contribution < 1.29 is 9.90 Å². The molecule has 0 heterocycles. The second-order valence-corrected chi connectivity index (χ2v) is 5.11. The largest absolute Gasteiger partial charge is 0.481 e. The monoisotopic (exact) mass is 243 g/mol. The van der Waals surface area contributed by atoms with Crippen LogP contribution < -0.4 is 5.73 Å². The van der Waals surface area contributed by atoms with Gasteiger partial charge in [-0.05, 0) is 19.3 Å². The maximum atomic E-state index is 10.5. The third-order valence-corrected chi connectivity index (χ3v) is 3.82. The molecule has 0 rings (SSSR count). The maximum absolute atomic E-state index is 10.5. The molecule has 3 nitrogen and oxygen atoms in total. The van der Waals surface area contributed by atoms with Crippen molar-refractivity contribution >= 4 is 17.7 Å². The summed E-state index contributed by atoms with van der Waals surface area (Å²) in [4.78, 5) is 10.5. The van der Waals surface area contributed by atoms with E-state index in [4.69, 9.17) is 10.8 Å². The van der Waals surface area contributed by atoms with Crippen molar-refractivity contribution in [2.75, 3.05) is 6.54 Å². The molecule has 0 amide bonds. The van der Waals surface area contributed by atoms with Crippen LogP contribution in [0.5, 0.6) is 0 Å². The molecule has 0 aromatic heterocycles. The molecule has 0 fully saturated rings. The molecular formula is C12H21NO2S. The summed E-state index contributed by atoms with van der Waals surface area (Å²) in [6.07, 6.45) is 6.51. The van der Waals surface area contributed by atoms with Gasteiger partial charge in [0.05, 0.1) is 0 Å². The zero-order valence-corrected chi connectivity index (χ0v) is 10.4. The summed E-state index contributed by atoms with van der Waals surface area (Å²) in [5.74, 6) is -0.764. The Kier molecular flexibility index (Phi) is 9.04. The predicted molar refractivity (Wildman–Crippen MR) is 70.7 cm³/mol. The molecule has 0 aliphatic carbocycles. The van der Waals surface area contributed by atoms with Gasteiger partial charge in [-0.25, -0.2) is 0 Å². The maximum Gasteiger partial charge on any atom is 0.303 e. The van der Waals surface area contributed by atoms with Crippen LogP contribution in [-0.4, -0.2) is 28.1 Å². The fourth-order valence-electron chi connectivity index (χ4n) is 1.30. The predicted octanol–water partition coefficient (Wildman–Crippen LogP) is 2.43. The summed E-state index contributed by atoms with van der Waals surface area (Å²) in [5.41, 5.74) is 5.62. The third-order valence-electron chi connectivity index (χ3n) is 2.23. The second-order valence-electron chi connectivity index (χ2n) is 3.57. The number of allylic oxidation sites excluding steroid dienone is 1. The smallest absolute Gasteiger partial charge is 0.303 e. The molecule has 92 valence electrons.